The van der Waals surface area contributed by atoms with Crippen LogP contribution in [0, 0.1) is 0 Å². The van der Waals surface area contributed by atoms with E-state index in [1.807, 2.05) is 25.4 Å². The Morgan fingerprint density at radius 3 is 2.02 bits per heavy atom. The first kappa shape index (κ1) is 33.1. The second kappa shape index (κ2) is 15.3. The smallest absolute Gasteiger partial charge is 0.240 e. The largest absolute Gasteiger partial charge is 0.361 e. The summed E-state index contributed by atoms with van der Waals surface area (Å²) in [7, 11) is -7.16. The van der Waals surface area contributed by atoms with E-state index in [4.69, 9.17) is 0 Å². The fraction of sp³-hybridized carbons (Fsp3) is 0.515. The highest BCUT2D eigenvalue weighted by atomic mass is 32.2. The Kier molecular flexibility index (Phi) is 11.7. The van der Waals surface area contributed by atoms with Crippen LogP contribution in [-0.2, 0) is 20.0 Å². The number of aromatic nitrogens is 2. The van der Waals surface area contributed by atoms with E-state index in [-0.39, 0.29) is 10.9 Å². The Hall–Kier alpha value is -2.82. The summed E-state index contributed by atoms with van der Waals surface area (Å²) >= 11 is 0. The van der Waals surface area contributed by atoms with Gasteiger partial charge in [-0.05, 0) is 37.1 Å². The van der Waals surface area contributed by atoms with Gasteiger partial charge >= 0.3 is 0 Å². The molecule has 0 aliphatic carbocycles. The second-order valence-corrected chi connectivity index (χ2v) is 15.2. The molecule has 0 aliphatic rings. The minimum absolute atomic E-state index is 0.0978. The Labute approximate surface area is 257 Å². The van der Waals surface area contributed by atoms with Crippen LogP contribution >= 0.6 is 0 Å². The summed E-state index contributed by atoms with van der Waals surface area (Å²) in [6, 6.07) is 10.5. The zero-order valence-corrected chi connectivity index (χ0v) is 27.5. The molecule has 43 heavy (non-hydrogen) atoms. The van der Waals surface area contributed by atoms with E-state index in [0.717, 1.165) is 59.4 Å². The lowest BCUT2D eigenvalue weighted by Crippen LogP contribution is -2.34. The number of para-hydroxylation sites is 1. The monoisotopic (exact) mass is 628 g/mol. The molecule has 0 aliphatic heterocycles. The minimum Gasteiger partial charge on any atom is -0.361 e. The molecule has 10 heteroatoms. The normalized spacial score (nSPS) is 13.2. The maximum Gasteiger partial charge on any atom is 0.240 e. The molecule has 2 heterocycles. The lowest BCUT2D eigenvalue weighted by Gasteiger charge is -2.17. The molecular weight excluding hydrogens is 581 g/mol. The van der Waals surface area contributed by atoms with Crippen molar-refractivity contribution in [1.82, 2.24) is 14.7 Å². The van der Waals surface area contributed by atoms with Crippen molar-refractivity contribution in [3.8, 4) is 11.1 Å². The van der Waals surface area contributed by atoms with Gasteiger partial charge in [0.15, 0.2) is 0 Å². The van der Waals surface area contributed by atoms with Crippen LogP contribution in [0.2, 0.25) is 0 Å². The Morgan fingerprint density at radius 2 is 1.37 bits per heavy atom. The summed E-state index contributed by atoms with van der Waals surface area (Å²) in [5, 5.41) is 1.61. The number of fused-ring (bicyclic) bond motifs is 2. The molecule has 0 amide bonds. The number of nitrogens with one attached hydrogen (secondary N) is 4. The number of rotatable bonds is 19. The molecule has 0 bridgehead atoms. The van der Waals surface area contributed by atoms with Gasteiger partial charge in [0.05, 0.1) is 22.4 Å². The molecular formula is C33H48N4O4S2. The number of hydrogen-bond acceptors (Lipinski definition) is 4. The predicted molar refractivity (Wildman–Crippen MR) is 180 cm³/mol. The molecule has 0 saturated heterocycles. The summed E-state index contributed by atoms with van der Waals surface area (Å²) in [6.45, 7) is 4.28. The summed E-state index contributed by atoms with van der Waals surface area (Å²) in [5.41, 5.74) is 3.63. The fourth-order valence-electron chi connectivity index (χ4n) is 5.84. The van der Waals surface area contributed by atoms with E-state index in [1.54, 1.807) is 30.3 Å². The molecule has 1 unspecified atom stereocenters. The van der Waals surface area contributed by atoms with E-state index in [2.05, 4.69) is 26.3 Å². The van der Waals surface area contributed by atoms with Crippen LogP contribution in [0.1, 0.15) is 97.3 Å². The van der Waals surface area contributed by atoms with Crippen molar-refractivity contribution in [2.24, 2.45) is 0 Å². The number of anilines is 1. The van der Waals surface area contributed by atoms with Crippen LogP contribution in [-0.4, -0.2) is 39.1 Å². The van der Waals surface area contributed by atoms with Crippen molar-refractivity contribution >= 4 is 47.5 Å². The van der Waals surface area contributed by atoms with Gasteiger partial charge in [-0.25, -0.2) is 21.6 Å². The molecule has 4 aromatic rings. The van der Waals surface area contributed by atoms with Crippen molar-refractivity contribution in [2.45, 2.75) is 108 Å². The van der Waals surface area contributed by atoms with Crippen LogP contribution in [0.4, 0.5) is 5.69 Å². The SMILES string of the molecule is CCCCCCCCCCCCCC(CC)NS(=O)(=O)c1ccc2[nH]cc(-c3c[nH]c4c(NS(C)(=O)=O)cccc34)c2c1. The van der Waals surface area contributed by atoms with Crippen LogP contribution < -0.4 is 9.44 Å². The first-order chi connectivity index (χ1) is 20.6. The van der Waals surface area contributed by atoms with Gasteiger partial charge in [-0.1, -0.05) is 96.6 Å². The molecule has 0 spiro atoms. The highest BCUT2D eigenvalue weighted by Crippen LogP contribution is 2.37. The minimum atomic E-state index is -3.71. The number of H-pyrrole nitrogens is 2. The number of sulfonamides is 2. The molecule has 8 nitrogen and oxygen atoms in total. The lowest BCUT2D eigenvalue weighted by molar-refractivity contribution is 0.482. The summed E-state index contributed by atoms with van der Waals surface area (Å²) in [6.07, 6.45) is 20.4. The van der Waals surface area contributed by atoms with E-state index >= 15 is 0 Å². The van der Waals surface area contributed by atoms with Crippen LogP contribution in [0.3, 0.4) is 0 Å². The Balaban J connectivity index is 1.39. The zero-order valence-electron chi connectivity index (χ0n) is 25.8. The summed E-state index contributed by atoms with van der Waals surface area (Å²) in [5.74, 6) is 0. The van der Waals surface area contributed by atoms with Crippen molar-refractivity contribution in [2.75, 3.05) is 11.0 Å². The molecule has 2 aromatic carbocycles. The van der Waals surface area contributed by atoms with Crippen molar-refractivity contribution < 1.29 is 16.8 Å². The third-order valence-electron chi connectivity index (χ3n) is 8.24. The first-order valence-corrected chi connectivity index (χ1v) is 19.2. The number of unbranched alkanes of at least 4 members (excludes halogenated alkanes) is 10. The molecule has 0 radical (unpaired) electrons. The predicted octanol–water partition coefficient (Wildman–Crippen LogP) is 8.45. The maximum atomic E-state index is 13.5. The van der Waals surface area contributed by atoms with Crippen LogP contribution in [0.25, 0.3) is 32.9 Å². The molecule has 2 aromatic heterocycles. The first-order valence-electron chi connectivity index (χ1n) is 15.8. The van der Waals surface area contributed by atoms with Crippen LogP contribution in [0.5, 0.6) is 0 Å². The fourth-order valence-corrected chi connectivity index (χ4v) is 7.79. The van der Waals surface area contributed by atoms with Gasteiger partial charge in [-0.15, -0.1) is 0 Å². The van der Waals surface area contributed by atoms with E-state index in [0.29, 0.717) is 11.2 Å². The third kappa shape index (κ3) is 9.09. The maximum absolute atomic E-state index is 13.5. The summed E-state index contributed by atoms with van der Waals surface area (Å²) in [4.78, 5) is 6.67. The number of aromatic amines is 2. The molecule has 4 N–H and O–H groups in total. The quantitative estimate of drug-likeness (QED) is 0.0778. The highest BCUT2D eigenvalue weighted by molar-refractivity contribution is 7.92. The van der Waals surface area contributed by atoms with Crippen molar-refractivity contribution in [3.05, 3.63) is 48.8 Å². The summed E-state index contributed by atoms with van der Waals surface area (Å²) < 4.78 is 56.1. The molecule has 0 saturated carbocycles. The van der Waals surface area contributed by atoms with Gasteiger partial charge in [0.25, 0.3) is 0 Å². The van der Waals surface area contributed by atoms with E-state index < -0.39 is 20.0 Å². The topological polar surface area (TPSA) is 124 Å². The molecule has 236 valence electrons. The highest BCUT2D eigenvalue weighted by Gasteiger charge is 2.21. The van der Waals surface area contributed by atoms with Crippen molar-refractivity contribution in [3.63, 3.8) is 0 Å². The van der Waals surface area contributed by atoms with Gasteiger partial charge in [-0.3, -0.25) is 4.72 Å². The third-order valence-corrected chi connectivity index (χ3v) is 10.3. The Morgan fingerprint density at radius 1 is 0.744 bits per heavy atom. The lowest BCUT2D eigenvalue weighted by atomic mass is 10.0. The molecule has 0 fully saturated rings. The van der Waals surface area contributed by atoms with E-state index in [1.165, 1.54) is 57.8 Å². The van der Waals surface area contributed by atoms with Crippen molar-refractivity contribution in [1.29, 1.82) is 0 Å². The average molecular weight is 629 g/mol. The Bertz CT molecular complexity index is 1690. The van der Waals surface area contributed by atoms with E-state index in [9.17, 15) is 16.8 Å². The van der Waals surface area contributed by atoms with Gasteiger partial charge < -0.3 is 9.97 Å². The molecule has 4 rings (SSSR count). The zero-order chi connectivity index (χ0) is 30.9. The second-order valence-electron chi connectivity index (χ2n) is 11.8. The van der Waals surface area contributed by atoms with Gasteiger partial charge in [0.2, 0.25) is 20.0 Å². The number of benzene rings is 2. The van der Waals surface area contributed by atoms with Gasteiger partial charge in [0.1, 0.15) is 0 Å². The average Bonchev–Trinajstić information content (AvgIpc) is 3.58. The van der Waals surface area contributed by atoms with Gasteiger partial charge in [0, 0.05) is 45.9 Å². The van der Waals surface area contributed by atoms with Crippen LogP contribution in [0.15, 0.2) is 53.7 Å². The number of hydrogen-bond donors (Lipinski definition) is 4. The molecule has 1 atom stereocenters. The standard InChI is InChI=1S/C33H48N4O4S2/c1-4-6-7-8-9-10-11-12-13-14-15-17-25(5-2)36-43(40,41)26-20-21-31-28(22-26)30(23-34-31)29-24-35-33-27(29)18-16-19-32(33)37-42(3,38)39/h16,18-25,34-37H,4-15,17H2,1-3H3. The van der Waals surface area contributed by atoms with Gasteiger partial charge in [-0.2, -0.15) is 0 Å².